The molecule has 112 valence electrons. The van der Waals surface area contributed by atoms with Gasteiger partial charge in [-0.3, -0.25) is 4.90 Å². The van der Waals surface area contributed by atoms with Crippen LogP contribution in [0.5, 0.6) is 0 Å². The van der Waals surface area contributed by atoms with Gasteiger partial charge in [0.1, 0.15) is 0 Å². The lowest BCUT2D eigenvalue weighted by Gasteiger charge is -2.43. The quantitative estimate of drug-likeness (QED) is 0.842. The van der Waals surface area contributed by atoms with Crippen molar-refractivity contribution in [2.45, 2.75) is 13.0 Å². The molecule has 1 fully saturated rings. The summed E-state index contributed by atoms with van der Waals surface area (Å²) >= 11 is 0. The summed E-state index contributed by atoms with van der Waals surface area (Å²) in [5, 5.41) is 19.1. The first-order valence-corrected chi connectivity index (χ1v) is 7.27. The number of rotatable bonds is 5. The van der Waals surface area contributed by atoms with E-state index in [1.165, 1.54) is 5.56 Å². The lowest BCUT2D eigenvalue weighted by Crippen LogP contribution is -2.51. The van der Waals surface area contributed by atoms with E-state index in [-0.39, 0.29) is 13.2 Å². The highest BCUT2D eigenvalue weighted by Gasteiger charge is 2.32. The van der Waals surface area contributed by atoms with E-state index in [4.69, 9.17) is 0 Å². The Morgan fingerprint density at radius 1 is 1.15 bits per heavy atom. The molecule has 1 atom stereocenters. The van der Waals surface area contributed by atoms with E-state index in [2.05, 4.69) is 41.1 Å². The fourth-order valence-electron chi connectivity index (χ4n) is 2.78. The fourth-order valence-corrected chi connectivity index (χ4v) is 2.78. The van der Waals surface area contributed by atoms with Gasteiger partial charge in [0.2, 0.25) is 0 Å². The molecule has 20 heavy (non-hydrogen) atoms. The molecular formula is C16H26N2O2. The van der Waals surface area contributed by atoms with E-state index < -0.39 is 5.41 Å². The molecule has 0 radical (unpaired) electrons. The molecule has 0 spiro atoms. The highest BCUT2D eigenvalue weighted by Crippen LogP contribution is 2.28. The Kier molecular flexibility index (Phi) is 5.16. The first-order valence-electron chi connectivity index (χ1n) is 7.27. The molecule has 0 saturated carbocycles. The van der Waals surface area contributed by atoms with Gasteiger partial charge in [0.15, 0.2) is 0 Å². The minimum absolute atomic E-state index is 0.0113. The van der Waals surface area contributed by atoms with Crippen molar-refractivity contribution in [3.05, 3.63) is 35.9 Å². The molecule has 2 N–H and O–H groups in total. The molecule has 1 aromatic carbocycles. The molecule has 1 heterocycles. The second kappa shape index (κ2) is 6.68. The minimum Gasteiger partial charge on any atom is -0.396 e. The number of piperazine rings is 1. The van der Waals surface area contributed by atoms with Crippen molar-refractivity contribution in [3.63, 3.8) is 0 Å². The van der Waals surface area contributed by atoms with E-state index in [1.807, 2.05) is 13.0 Å². The normalized spacial score (nSPS) is 22.1. The van der Waals surface area contributed by atoms with Crippen molar-refractivity contribution >= 4 is 0 Å². The first kappa shape index (κ1) is 15.4. The lowest BCUT2D eigenvalue weighted by atomic mass is 9.90. The van der Waals surface area contributed by atoms with Gasteiger partial charge in [-0.05, 0) is 12.6 Å². The van der Waals surface area contributed by atoms with Crippen molar-refractivity contribution in [2.24, 2.45) is 5.41 Å². The summed E-state index contributed by atoms with van der Waals surface area (Å²) in [6.45, 7) is 5.65. The van der Waals surface area contributed by atoms with Crippen LogP contribution in [0.25, 0.3) is 0 Å². The molecule has 4 heteroatoms. The molecule has 0 bridgehead atoms. The number of benzene rings is 1. The zero-order valence-corrected chi connectivity index (χ0v) is 12.5. The summed E-state index contributed by atoms with van der Waals surface area (Å²) in [7, 11) is 2.14. The number of aliphatic hydroxyl groups excluding tert-OH is 2. The lowest BCUT2D eigenvalue weighted by molar-refractivity contribution is -0.00148. The van der Waals surface area contributed by atoms with Gasteiger partial charge in [-0.25, -0.2) is 0 Å². The molecular weight excluding hydrogens is 252 g/mol. The molecule has 0 aromatic heterocycles. The molecule has 2 rings (SSSR count). The van der Waals surface area contributed by atoms with Gasteiger partial charge in [0, 0.05) is 37.6 Å². The van der Waals surface area contributed by atoms with Crippen molar-refractivity contribution in [3.8, 4) is 0 Å². The van der Waals surface area contributed by atoms with Crippen LogP contribution >= 0.6 is 0 Å². The van der Waals surface area contributed by atoms with Crippen LogP contribution in [0.3, 0.4) is 0 Å². The number of likely N-dealkylation sites (N-methyl/N-ethyl adjacent to an activating group) is 1. The maximum Gasteiger partial charge on any atom is 0.0519 e. The maximum absolute atomic E-state index is 9.53. The van der Waals surface area contributed by atoms with E-state index in [1.54, 1.807) is 0 Å². The average molecular weight is 278 g/mol. The van der Waals surface area contributed by atoms with Crippen molar-refractivity contribution in [1.82, 2.24) is 9.80 Å². The monoisotopic (exact) mass is 278 g/mol. The van der Waals surface area contributed by atoms with E-state index in [9.17, 15) is 10.2 Å². The van der Waals surface area contributed by atoms with Crippen LogP contribution in [-0.2, 0) is 0 Å². The minimum atomic E-state index is -0.442. The largest absolute Gasteiger partial charge is 0.396 e. The predicted octanol–water partition coefficient (Wildman–Crippen LogP) is 0.966. The second-order valence-corrected chi connectivity index (χ2v) is 6.29. The Hall–Kier alpha value is -0.940. The highest BCUT2D eigenvalue weighted by atomic mass is 16.3. The van der Waals surface area contributed by atoms with Crippen LogP contribution in [0.4, 0.5) is 0 Å². The van der Waals surface area contributed by atoms with Crippen LogP contribution in [0.2, 0.25) is 0 Å². The van der Waals surface area contributed by atoms with Crippen molar-refractivity contribution in [1.29, 1.82) is 0 Å². The van der Waals surface area contributed by atoms with Crippen LogP contribution in [0, 0.1) is 5.41 Å². The fraction of sp³-hybridized carbons (Fsp3) is 0.625. The van der Waals surface area contributed by atoms with Crippen LogP contribution in [0.15, 0.2) is 30.3 Å². The molecule has 1 aliphatic heterocycles. The summed E-state index contributed by atoms with van der Waals surface area (Å²) in [6, 6.07) is 10.8. The molecule has 1 unspecified atom stereocenters. The van der Waals surface area contributed by atoms with E-state index in [0.29, 0.717) is 12.6 Å². The van der Waals surface area contributed by atoms with Gasteiger partial charge in [0.05, 0.1) is 13.2 Å². The van der Waals surface area contributed by atoms with Crippen LogP contribution in [-0.4, -0.2) is 66.5 Å². The van der Waals surface area contributed by atoms with Gasteiger partial charge in [-0.15, -0.1) is 0 Å². The zero-order chi connectivity index (χ0) is 14.6. The summed E-state index contributed by atoms with van der Waals surface area (Å²) in [6.07, 6.45) is 0. The molecule has 1 saturated heterocycles. The Bertz CT molecular complexity index is 406. The molecule has 1 aliphatic rings. The highest BCUT2D eigenvalue weighted by molar-refractivity contribution is 5.20. The summed E-state index contributed by atoms with van der Waals surface area (Å²) in [5.41, 5.74) is 0.862. The summed E-state index contributed by atoms with van der Waals surface area (Å²) in [4.78, 5) is 4.73. The number of nitrogens with zero attached hydrogens (tertiary/aromatic N) is 2. The Morgan fingerprint density at radius 3 is 2.40 bits per heavy atom. The summed E-state index contributed by atoms with van der Waals surface area (Å²) in [5.74, 6) is 0. The standard InChI is InChI=1S/C16H26N2O2/c1-16(12-19,13-20)11-18-9-8-17(2)10-15(18)14-6-4-3-5-7-14/h3-7,15,19-20H,8-13H2,1-2H3. The Morgan fingerprint density at radius 2 is 1.80 bits per heavy atom. The maximum atomic E-state index is 9.53. The number of hydrogen-bond acceptors (Lipinski definition) is 4. The predicted molar refractivity (Wildman–Crippen MR) is 80.5 cm³/mol. The molecule has 4 nitrogen and oxygen atoms in total. The van der Waals surface area contributed by atoms with Crippen molar-refractivity contribution in [2.75, 3.05) is 46.4 Å². The van der Waals surface area contributed by atoms with Gasteiger partial charge < -0.3 is 15.1 Å². The third kappa shape index (κ3) is 3.58. The van der Waals surface area contributed by atoms with E-state index >= 15 is 0 Å². The first-order chi connectivity index (χ1) is 9.58. The zero-order valence-electron chi connectivity index (χ0n) is 12.5. The number of aliphatic hydroxyl groups is 2. The van der Waals surface area contributed by atoms with Gasteiger partial charge in [-0.2, -0.15) is 0 Å². The molecule has 0 aliphatic carbocycles. The van der Waals surface area contributed by atoms with Gasteiger partial charge in [-0.1, -0.05) is 37.3 Å². The third-order valence-corrected chi connectivity index (χ3v) is 4.23. The van der Waals surface area contributed by atoms with Gasteiger partial charge >= 0.3 is 0 Å². The van der Waals surface area contributed by atoms with Gasteiger partial charge in [0.25, 0.3) is 0 Å². The second-order valence-electron chi connectivity index (χ2n) is 6.29. The Labute approximate surface area is 121 Å². The van der Waals surface area contributed by atoms with E-state index in [0.717, 1.165) is 19.6 Å². The average Bonchev–Trinajstić information content (AvgIpc) is 2.50. The number of hydrogen-bond donors (Lipinski definition) is 2. The topological polar surface area (TPSA) is 46.9 Å². The third-order valence-electron chi connectivity index (χ3n) is 4.23. The molecule has 1 aromatic rings. The van der Waals surface area contributed by atoms with Crippen LogP contribution < -0.4 is 0 Å². The Balaban J connectivity index is 2.17. The SMILES string of the molecule is CN1CCN(CC(C)(CO)CO)C(c2ccccc2)C1. The molecule has 0 amide bonds. The smallest absolute Gasteiger partial charge is 0.0519 e. The van der Waals surface area contributed by atoms with Crippen molar-refractivity contribution < 1.29 is 10.2 Å². The summed E-state index contributed by atoms with van der Waals surface area (Å²) < 4.78 is 0. The van der Waals surface area contributed by atoms with Crippen LogP contribution in [0.1, 0.15) is 18.5 Å².